The average molecular weight is 897 g/mol. The van der Waals surface area contributed by atoms with Crippen molar-refractivity contribution in [2.24, 2.45) is 13.0 Å². The zero-order valence-electron chi connectivity index (χ0n) is 37.9. The Labute approximate surface area is 377 Å². The van der Waals surface area contributed by atoms with E-state index in [4.69, 9.17) is 14.4 Å². The Kier molecular flexibility index (Phi) is 9.39. The Morgan fingerprint density at radius 1 is 0.924 bits per heavy atom. The van der Waals surface area contributed by atoms with Gasteiger partial charge in [-0.25, -0.2) is 18.4 Å². The molecule has 8 aromatic rings. The van der Waals surface area contributed by atoms with E-state index in [-0.39, 0.29) is 40.2 Å². The summed E-state index contributed by atoms with van der Waals surface area (Å²) >= 11 is 0. The first kappa shape index (κ1) is 41.8. The predicted octanol–water partition coefficient (Wildman–Crippen LogP) is 7.97. The van der Waals surface area contributed by atoms with Crippen LogP contribution in [-0.4, -0.2) is 73.0 Å². The fourth-order valence-electron chi connectivity index (χ4n) is 11.0. The number of amides is 1. The molecule has 0 spiro atoms. The third-order valence-electron chi connectivity index (χ3n) is 14.4. The van der Waals surface area contributed by atoms with Gasteiger partial charge >= 0.3 is 11.4 Å². The summed E-state index contributed by atoms with van der Waals surface area (Å²) in [4.78, 5) is 47.5. The zero-order valence-corrected chi connectivity index (χ0v) is 37.9. The molecular weight excluding hydrogens is 847 g/mol. The number of H-pyrrole nitrogens is 1. The third-order valence-corrected chi connectivity index (χ3v) is 14.4. The first-order valence-corrected chi connectivity index (χ1v) is 22.5. The summed E-state index contributed by atoms with van der Waals surface area (Å²) in [6, 6.07) is 14.3. The maximum atomic E-state index is 16.2. The van der Waals surface area contributed by atoms with E-state index in [0.29, 0.717) is 83.3 Å². The van der Waals surface area contributed by atoms with Crippen LogP contribution in [0.25, 0.3) is 44.4 Å². The van der Waals surface area contributed by atoms with Crippen molar-refractivity contribution in [2.45, 2.75) is 96.9 Å². The van der Waals surface area contributed by atoms with Gasteiger partial charge in [0.25, 0.3) is 5.91 Å². The summed E-state index contributed by atoms with van der Waals surface area (Å²) in [5.74, 6) is -1.26. The number of imidazole rings is 1. The van der Waals surface area contributed by atoms with E-state index in [1.807, 2.05) is 27.1 Å². The molecule has 0 unspecified atom stereocenters. The molecule has 5 aromatic heterocycles. The zero-order chi connectivity index (χ0) is 46.1. The Hall–Kier alpha value is -6.88. The monoisotopic (exact) mass is 896 g/mol. The first-order chi connectivity index (χ1) is 31.6. The Bertz CT molecular complexity index is 3390. The van der Waals surface area contributed by atoms with Crippen LogP contribution in [0.15, 0.2) is 81.2 Å². The average Bonchev–Trinajstić information content (AvgIpc) is 3.87. The minimum absolute atomic E-state index is 0.00393. The van der Waals surface area contributed by atoms with Crippen LogP contribution in [0.5, 0.6) is 0 Å². The van der Waals surface area contributed by atoms with E-state index in [9.17, 15) is 9.59 Å². The molecule has 7 heterocycles. The van der Waals surface area contributed by atoms with E-state index in [1.165, 1.54) is 21.5 Å². The Morgan fingerprint density at radius 3 is 2.38 bits per heavy atom. The highest BCUT2D eigenvalue weighted by molar-refractivity contribution is 6.00. The van der Waals surface area contributed by atoms with Crippen LogP contribution in [0.1, 0.15) is 104 Å². The predicted molar refractivity (Wildman–Crippen MR) is 242 cm³/mol. The van der Waals surface area contributed by atoms with Crippen LogP contribution >= 0.6 is 0 Å². The number of hydrogen-bond donors (Lipinski definition) is 1. The molecule has 340 valence electrons. The van der Waals surface area contributed by atoms with Crippen LogP contribution in [0, 0.1) is 31.4 Å². The molecule has 0 bridgehead atoms. The van der Waals surface area contributed by atoms with E-state index >= 15 is 13.6 Å². The van der Waals surface area contributed by atoms with Crippen molar-refractivity contribution in [1.29, 1.82) is 0 Å². The number of hydrogen-bond acceptors (Lipinski definition) is 8. The molecule has 0 radical (unpaired) electrons. The van der Waals surface area contributed by atoms with E-state index in [0.717, 1.165) is 29.3 Å². The highest BCUT2D eigenvalue weighted by Crippen LogP contribution is 2.56. The van der Waals surface area contributed by atoms with Crippen molar-refractivity contribution < 1.29 is 22.8 Å². The lowest BCUT2D eigenvalue weighted by Gasteiger charge is -2.35. The number of nitrogens with one attached hydrogen (secondary N) is 1. The molecule has 1 N–H and O–H groups in total. The summed E-state index contributed by atoms with van der Waals surface area (Å²) in [6.07, 6.45) is 7.39. The fourth-order valence-corrected chi connectivity index (χ4v) is 11.0. The Balaban J connectivity index is 1.07. The van der Waals surface area contributed by atoms with Crippen molar-refractivity contribution in [1.82, 2.24) is 48.3 Å². The van der Waals surface area contributed by atoms with Gasteiger partial charge in [-0.2, -0.15) is 10.2 Å². The van der Waals surface area contributed by atoms with Crippen molar-refractivity contribution in [3.63, 3.8) is 0 Å². The van der Waals surface area contributed by atoms with Crippen LogP contribution in [-0.2, 0) is 23.9 Å². The highest BCUT2D eigenvalue weighted by Gasteiger charge is 2.59. The minimum Gasteiger partial charge on any atom is -0.376 e. The molecule has 1 saturated heterocycles. The van der Waals surface area contributed by atoms with Crippen molar-refractivity contribution in [3.05, 3.63) is 134 Å². The number of rotatable bonds is 7. The molecule has 15 nitrogen and oxygen atoms in total. The van der Waals surface area contributed by atoms with Gasteiger partial charge < -0.3 is 14.2 Å². The number of benzene rings is 3. The number of aryl methyl sites for hydroxylation is 4. The standard InChI is InChI=1S/C49H50F2N10O5/c1-26-19-33(20-27(2)39(26)50)41-43(59-17-16-58(47(59)64)37-12-11-36-34(40(37)51)25-52-56(36)7)42-29(4)57(14-8-15-60(42)54-41)44(62)38-22-32-21-30(31-13-18-65-48(5,6)24-31)9-10-35(32)61(38)49(23-28(49)3)45-53-46(63)66-55-45/h9-12,16-17,19-22,25,28-29,31H,8,13-15,18,23-24H2,1-7H3,(H,53,55,63)/t28-,29+,31-,49-/m0/s1. The topological polar surface area (TPSA) is 156 Å². The van der Waals surface area contributed by atoms with Crippen molar-refractivity contribution in [2.75, 3.05) is 13.2 Å². The van der Waals surface area contributed by atoms with Gasteiger partial charge in [-0.1, -0.05) is 18.1 Å². The second-order valence-corrected chi connectivity index (χ2v) is 19.1. The van der Waals surface area contributed by atoms with Crippen molar-refractivity contribution >= 4 is 27.7 Å². The second-order valence-electron chi connectivity index (χ2n) is 19.1. The summed E-state index contributed by atoms with van der Waals surface area (Å²) in [5.41, 5.74) is 4.14. The fraction of sp³-hybridized carbons (Fsp3) is 0.388. The molecular formula is C49H50F2N10O5. The van der Waals surface area contributed by atoms with Crippen LogP contribution < -0.4 is 11.4 Å². The number of aromatic amines is 1. The van der Waals surface area contributed by atoms with Gasteiger partial charge in [0.15, 0.2) is 11.6 Å². The maximum absolute atomic E-state index is 16.2. The smallest absolute Gasteiger partial charge is 0.376 e. The molecule has 4 atom stereocenters. The maximum Gasteiger partial charge on any atom is 0.438 e. The van der Waals surface area contributed by atoms with Crippen LogP contribution in [0.3, 0.4) is 0 Å². The van der Waals surface area contributed by atoms with Gasteiger partial charge in [0.1, 0.15) is 28.4 Å². The normalized spacial score (nSPS) is 21.7. The second kappa shape index (κ2) is 14.8. The molecule has 3 aromatic carbocycles. The highest BCUT2D eigenvalue weighted by atomic mass is 19.1. The molecule has 66 heavy (non-hydrogen) atoms. The van der Waals surface area contributed by atoms with Gasteiger partial charge in [0.2, 0.25) is 0 Å². The summed E-state index contributed by atoms with van der Waals surface area (Å²) in [5, 5.41) is 14.7. The lowest BCUT2D eigenvalue weighted by atomic mass is 9.83. The molecule has 1 amide bonds. The molecule has 11 rings (SSSR count). The number of carbonyl (C=O) groups is 1. The SMILES string of the molecule is Cc1cc(-c2nn3c(c2-n2ccn(-c4ccc5c(cnn5C)c4F)c2=O)[C@@H](C)N(C(=O)c2cc4cc([C@H]5CCOC(C)(C)C5)ccc4n2[C@@]2(c4noc(=O)[nH]4)C[C@@H]2C)CCC3)cc(C)c1F. The molecule has 17 heteroatoms. The van der Waals surface area contributed by atoms with E-state index in [1.54, 1.807) is 56.0 Å². The molecule has 3 aliphatic rings. The number of carbonyl (C=O) groups excluding carboxylic acids is 1. The lowest BCUT2D eigenvalue weighted by molar-refractivity contribution is -0.0592. The van der Waals surface area contributed by atoms with Crippen molar-refractivity contribution in [3.8, 4) is 22.6 Å². The van der Waals surface area contributed by atoms with Gasteiger partial charge in [-0.3, -0.25) is 32.8 Å². The Morgan fingerprint density at radius 2 is 1.67 bits per heavy atom. The number of fused-ring (bicyclic) bond motifs is 3. The van der Waals surface area contributed by atoms with Gasteiger partial charge in [0, 0.05) is 55.6 Å². The summed E-state index contributed by atoms with van der Waals surface area (Å²) in [7, 11) is 1.72. The largest absolute Gasteiger partial charge is 0.438 e. The molecule has 1 saturated carbocycles. The van der Waals surface area contributed by atoms with Gasteiger partial charge in [-0.05, 0) is 131 Å². The minimum atomic E-state index is -0.862. The van der Waals surface area contributed by atoms with E-state index < -0.39 is 28.8 Å². The third kappa shape index (κ3) is 6.29. The number of nitrogens with zero attached hydrogens (tertiary/aromatic N) is 9. The number of ether oxygens (including phenoxy) is 1. The molecule has 1 aliphatic carbocycles. The van der Waals surface area contributed by atoms with Gasteiger partial charge in [0.05, 0.1) is 40.1 Å². The quantitative estimate of drug-likeness (QED) is 0.169. The molecule has 2 aliphatic heterocycles. The van der Waals surface area contributed by atoms with E-state index in [2.05, 4.69) is 54.2 Å². The number of aromatic nitrogens is 9. The first-order valence-electron chi connectivity index (χ1n) is 22.5. The summed E-state index contributed by atoms with van der Waals surface area (Å²) in [6.45, 7) is 13.0. The lowest BCUT2D eigenvalue weighted by Crippen LogP contribution is -2.37. The summed E-state index contributed by atoms with van der Waals surface area (Å²) < 4.78 is 50.6. The van der Waals surface area contributed by atoms with Gasteiger partial charge in [-0.15, -0.1) is 0 Å². The van der Waals surface area contributed by atoms with Crippen LogP contribution in [0.4, 0.5) is 8.78 Å². The molecule has 2 fully saturated rings. The number of halogens is 2. The van der Waals surface area contributed by atoms with Crippen LogP contribution in [0.2, 0.25) is 0 Å².